The minimum absolute atomic E-state index is 0. The second-order valence-electron chi connectivity index (χ2n) is 6.90. The Morgan fingerprint density at radius 2 is 1.72 bits per heavy atom. The van der Waals surface area contributed by atoms with Gasteiger partial charge >= 0.3 is 0 Å². The predicted molar refractivity (Wildman–Crippen MR) is 102 cm³/mol. The molecule has 6 heteroatoms. The average Bonchev–Trinajstić information content (AvgIpc) is 2.63. The zero-order chi connectivity index (χ0) is 16.8. The zero-order valence-corrected chi connectivity index (χ0v) is 15.4. The number of carbonyl (C=O) groups is 2. The van der Waals surface area contributed by atoms with Crippen LogP contribution >= 0.6 is 12.4 Å². The third-order valence-corrected chi connectivity index (χ3v) is 5.04. The number of amides is 2. The smallest absolute Gasteiger partial charge is 0.251 e. The quantitative estimate of drug-likeness (QED) is 0.767. The highest BCUT2D eigenvalue weighted by molar-refractivity contribution is 5.97. The van der Waals surface area contributed by atoms with Crippen LogP contribution in [0.1, 0.15) is 55.3 Å². The summed E-state index contributed by atoms with van der Waals surface area (Å²) in [5.74, 6) is 0.146. The van der Waals surface area contributed by atoms with Gasteiger partial charge in [-0.3, -0.25) is 9.59 Å². The first-order valence-electron chi connectivity index (χ1n) is 9.15. The summed E-state index contributed by atoms with van der Waals surface area (Å²) in [6.45, 7) is 1.89. The van der Waals surface area contributed by atoms with Crippen molar-refractivity contribution in [2.75, 3.05) is 18.4 Å². The molecule has 0 unspecified atom stereocenters. The molecule has 2 amide bonds. The van der Waals surface area contributed by atoms with E-state index in [0.717, 1.165) is 51.6 Å². The van der Waals surface area contributed by atoms with E-state index in [1.165, 1.54) is 6.42 Å². The minimum atomic E-state index is -0.0596. The molecule has 1 saturated carbocycles. The van der Waals surface area contributed by atoms with Crippen LogP contribution in [0.4, 0.5) is 5.69 Å². The molecule has 3 rings (SSSR count). The van der Waals surface area contributed by atoms with Crippen LogP contribution in [0.3, 0.4) is 0 Å². The van der Waals surface area contributed by atoms with Crippen LogP contribution in [0.15, 0.2) is 24.3 Å². The van der Waals surface area contributed by atoms with Gasteiger partial charge in [-0.1, -0.05) is 25.3 Å². The predicted octanol–water partition coefficient (Wildman–Crippen LogP) is 3.11. The van der Waals surface area contributed by atoms with Crippen molar-refractivity contribution in [3.05, 3.63) is 29.8 Å². The van der Waals surface area contributed by atoms with E-state index in [2.05, 4.69) is 16.0 Å². The van der Waals surface area contributed by atoms with Crippen molar-refractivity contribution in [3.8, 4) is 0 Å². The number of rotatable bonds is 4. The van der Waals surface area contributed by atoms with E-state index < -0.39 is 0 Å². The van der Waals surface area contributed by atoms with E-state index in [9.17, 15) is 9.59 Å². The standard InChI is InChI=1S/C19H27N3O2.ClH/c23-18(14-5-2-1-3-6-14)22-17-8-4-7-15(13-17)19(24)21-16-9-11-20-12-10-16;/h4,7-8,13-14,16,20H,1-3,5-6,9-12H2,(H,21,24)(H,22,23);1H. The van der Waals surface area contributed by atoms with E-state index in [-0.39, 0.29) is 36.2 Å². The monoisotopic (exact) mass is 365 g/mol. The number of nitrogens with one attached hydrogen (secondary N) is 3. The summed E-state index contributed by atoms with van der Waals surface area (Å²) in [5, 5.41) is 9.36. The molecule has 2 fully saturated rings. The van der Waals surface area contributed by atoms with Gasteiger partial charge in [-0.15, -0.1) is 12.4 Å². The molecule has 0 spiro atoms. The second-order valence-corrected chi connectivity index (χ2v) is 6.90. The highest BCUT2D eigenvalue weighted by atomic mass is 35.5. The van der Waals surface area contributed by atoms with Crippen LogP contribution in [0.2, 0.25) is 0 Å². The van der Waals surface area contributed by atoms with Gasteiger partial charge in [-0.05, 0) is 57.0 Å². The lowest BCUT2D eigenvalue weighted by Gasteiger charge is -2.24. The van der Waals surface area contributed by atoms with Gasteiger partial charge in [0, 0.05) is 23.2 Å². The first kappa shape index (κ1) is 19.7. The van der Waals surface area contributed by atoms with Crippen LogP contribution in [0.25, 0.3) is 0 Å². The van der Waals surface area contributed by atoms with E-state index >= 15 is 0 Å². The molecule has 0 aromatic heterocycles. The Bertz CT molecular complexity index is 582. The molecule has 2 aliphatic rings. The largest absolute Gasteiger partial charge is 0.349 e. The van der Waals surface area contributed by atoms with Gasteiger partial charge in [0.05, 0.1) is 0 Å². The summed E-state index contributed by atoms with van der Waals surface area (Å²) in [6, 6.07) is 7.49. The topological polar surface area (TPSA) is 70.2 Å². The summed E-state index contributed by atoms with van der Waals surface area (Å²) in [4.78, 5) is 24.8. The van der Waals surface area contributed by atoms with Crippen molar-refractivity contribution in [3.63, 3.8) is 0 Å². The van der Waals surface area contributed by atoms with Crippen molar-refractivity contribution in [2.45, 2.75) is 51.0 Å². The van der Waals surface area contributed by atoms with Crippen LogP contribution < -0.4 is 16.0 Å². The van der Waals surface area contributed by atoms with Gasteiger partial charge in [-0.25, -0.2) is 0 Å². The molecule has 1 aliphatic carbocycles. The fourth-order valence-electron chi connectivity index (χ4n) is 3.58. The van der Waals surface area contributed by atoms with E-state index in [0.29, 0.717) is 11.3 Å². The molecule has 5 nitrogen and oxygen atoms in total. The Labute approximate surface area is 155 Å². The molecule has 1 aromatic carbocycles. The lowest BCUT2D eigenvalue weighted by atomic mass is 9.88. The average molecular weight is 366 g/mol. The summed E-state index contributed by atoms with van der Waals surface area (Å²) >= 11 is 0. The molecule has 1 aromatic rings. The number of benzene rings is 1. The Hall–Kier alpha value is -1.59. The van der Waals surface area contributed by atoms with Gasteiger partial charge in [0.15, 0.2) is 0 Å². The molecule has 0 radical (unpaired) electrons. The van der Waals surface area contributed by atoms with E-state index in [1.54, 1.807) is 12.1 Å². The fraction of sp³-hybridized carbons (Fsp3) is 0.579. The fourth-order valence-corrected chi connectivity index (χ4v) is 3.58. The van der Waals surface area contributed by atoms with E-state index in [4.69, 9.17) is 0 Å². The van der Waals surface area contributed by atoms with Gasteiger partial charge in [0.25, 0.3) is 5.91 Å². The summed E-state index contributed by atoms with van der Waals surface area (Å²) in [7, 11) is 0. The van der Waals surface area contributed by atoms with Gasteiger partial charge in [0.1, 0.15) is 0 Å². The number of halogens is 1. The lowest BCUT2D eigenvalue weighted by Crippen LogP contribution is -2.42. The summed E-state index contributed by atoms with van der Waals surface area (Å²) in [6.07, 6.45) is 7.38. The van der Waals surface area contributed by atoms with Crippen molar-refractivity contribution in [1.29, 1.82) is 0 Å². The Morgan fingerprint density at radius 3 is 2.44 bits per heavy atom. The molecule has 138 valence electrons. The third-order valence-electron chi connectivity index (χ3n) is 5.04. The van der Waals surface area contributed by atoms with Crippen molar-refractivity contribution in [1.82, 2.24) is 10.6 Å². The maximum atomic E-state index is 12.4. The van der Waals surface area contributed by atoms with Crippen LogP contribution in [0.5, 0.6) is 0 Å². The first-order valence-corrected chi connectivity index (χ1v) is 9.15. The Kier molecular flexibility index (Phi) is 7.72. The van der Waals surface area contributed by atoms with Gasteiger partial charge in [0.2, 0.25) is 5.91 Å². The molecule has 3 N–H and O–H groups in total. The molecular formula is C19H28ClN3O2. The maximum Gasteiger partial charge on any atom is 0.251 e. The second kappa shape index (κ2) is 9.78. The van der Waals surface area contributed by atoms with E-state index in [1.807, 2.05) is 12.1 Å². The number of piperidine rings is 1. The lowest BCUT2D eigenvalue weighted by molar-refractivity contribution is -0.120. The van der Waals surface area contributed by atoms with Crippen molar-refractivity contribution < 1.29 is 9.59 Å². The summed E-state index contributed by atoms with van der Waals surface area (Å²) < 4.78 is 0. The highest BCUT2D eigenvalue weighted by Crippen LogP contribution is 2.25. The molecule has 1 heterocycles. The van der Waals surface area contributed by atoms with Crippen LogP contribution in [-0.2, 0) is 4.79 Å². The number of hydrogen-bond acceptors (Lipinski definition) is 3. The van der Waals surface area contributed by atoms with Crippen molar-refractivity contribution in [2.24, 2.45) is 5.92 Å². The maximum absolute atomic E-state index is 12.4. The number of carbonyl (C=O) groups excluding carboxylic acids is 2. The normalized spacial score (nSPS) is 18.9. The zero-order valence-electron chi connectivity index (χ0n) is 14.6. The molecule has 1 saturated heterocycles. The van der Waals surface area contributed by atoms with Crippen LogP contribution in [0, 0.1) is 5.92 Å². The third kappa shape index (κ3) is 5.72. The van der Waals surface area contributed by atoms with Gasteiger partial charge in [-0.2, -0.15) is 0 Å². The highest BCUT2D eigenvalue weighted by Gasteiger charge is 2.21. The van der Waals surface area contributed by atoms with Crippen molar-refractivity contribution >= 4 is 29.9 Å². The SMILES string of the molecule is Cl.O=C(NC1CCNCC1)c1cccc(NC(=O)C2CCCCC2)c1. The molecule has 1 aliphatic heterocycles. The summed E-state index contributed by atoms with van der Waals surface area (Å²) in [5.41, 5.74) is 1.32. The first-order chi connectivity index (χ1) is 11.7. The minimum Gasteiger partial charge on any atom is -0.349 e. The van der Waals surface area contributed by atoms with Gasteiger partial charge < -0.3 is 16.0 Å². The number of hydrogen-bond donors (Lipinski definition) is 3. The molecule has 0 bridgehead atoms. The van der Waals surface area contributed by atoms with Crippen LogP contribution in [-0.4, -0.2) is 30.9 Å². The number of anilines is 1. The molecular weight excluding hydrogens is 338 g/mol. The Morgan fingerprint density at radius 1 is 1.00 bits per heavy atom. The molecule has 0 atom stereocenters. The molecule has 25 heavy (non-hydrogen) atoms. The Balaban J connectivity index is 0.00000225.